The number of hydrogen-bond donors (Lipinski definition) is 2. The fourth-order valence-electron chi connectivity index (χ4n) is 3.15. The third-order valence-electron chi connectivity index (χ3n) is 4.25. The summed E-state index contributed by atoms with van der Waals surface area (Å²) < 4.78 is 0. The van der Waals surface area contributed by atoms with E-state index in [9.17, 15) is 5.11 Å². The van der Waals surface area contributed by atoms with Crippen LogP contribution in [0.5, 0.6) is 0 Å². The Morgan fingerprint density at radius 2 is 1.59 bits per heavy atom. The van der Waals surface area contributed by atoms with Crippen molar-refractivity contribution in [3.05, 3.63) is 82.2 Å². The summed E-state index contributed by atoms with van der Waals surface area (Å²) in [5.41, 5.74) is 9.13. The second-order valence-corrected chi connectivity index (χ2v) is 5.55. The highest BCUT2D eigenvalue weighted by Crippen LogP contribution is 2.36. The van der Waals surface area contributed by atoms with Gasteiger partial charge in [0.1, 0.15) is 5.60 Å². The van der Waals surface area contributed by atoms with Crippen LogP contribution < -0.4 is 5.32 Å². The second kappa shape index (κ2) is 6.20. The minimum Gasteiger partial charge on any atom is -0.379 e. The monoisotopic (exact) mass is 294 g/mol. The number of nitrogens with zero attached hydrogens (tertiary/aromatic N) is 3. The van der Waals surface area contributed by atoms with Gasteiger partial charge in [-0.25, -0.2) is 0 Å². The lowest BCUT2D eigenvalue weighted by Gasteiger charge is -2.35. The molecule has 0 radical (unpaired) electrons. The Labute approximate surface area is 129 Å². The van der Waals surface area contributed by atoms with E-state index in [0.717, 1.165) is 11.1 Å². The molecule has 2 aromatic carbocycles. The molecule has 0 aliphatic carbocycles. The first kappa shape index (κ1) is 14.6. The van der Waals surface area contributed by atoms with Gasteiger partial charge in [0.05, 0.1) is 6.04 Å². The molecule has 0 amide bonds. The lowest BCUT2D eigenvalue weighted by molar-refractivity contribution is 0.0438. The highest BCUT2D eigenvalue weighted by molar-refractivity contribution is 5.38. The SMILES string of the molecule is [N-]=[N+]=N[C@@H]1CN[C@H](C(O)(c2ccccc2)c2ccccc2)C1. The van der Waals surface area contributed by atoms with Crippen LogP contribution in [0.25, 0.3) is 10.4 Å². The fourth-order valence-corrected chi connectivity index (χ4v) is 3.15. The quantitative estimate of drug-likeness (QED) is 0.516. The minimum atomic E-state index is -1.15. The van der Waals surface area contributed by atoms with Crippen molar-refractivity contribution in [1.29, 1.82) is 0 Å². The van der Waals surface area contributed by atoms with Gasteiger partial charge in [0.15, 0.2) is 0 Å². The molecule has 2 atom stereocenters. The number of azide groups is 1. The van der Waals surface area contributed by atoms with Gasteiger partial charge in [0.25, 0.3) is 0 Å². The molecule has 1 aliphatic heterocycles. The van der Waals surface area contributed by atoms with Crippen molar-refractivity contribution in [2.75, 3.05) is 6.54 Å². The summed E-state index contributed by atoms with van der Waals surface area (Å²) in [6, 6.07) is 18.9. The molecule has 0 spiro atoms. The van der Waals surface area contributed by atoms with Gasteiger partial charge in [0, 0.05) is 17.5 Å². The topological polar surface area (TPSA) is 81.0 Å². The van der Waals surface area contributed by atoms with Crippen molar-refractivity contribution in [3.8, 4) is 0 Å². The highest BCUT2D eigenvalue weighted by Gasteiger charge is 2.43. The van der Waals surface area contributed by atoms with Crippen LogP contribution in [0.15, 0.2) is 65.8 Å². The minimum absolute atomic E-state index is 0.131. The number of rotatable bonds is 4. The molecule has 0 saturated carbocycles. The van der Waals surface area contributed by atoms with E-state index in [-0.39, 0.29) is 12.1 Å². The van der Waals surface area contributed by atoms with Crippen LogP contribution in [0.2, 0.25) is 0 Å². The first-order valence-corrected chi connectivity index (χ1v) is 7.36. The zero-order valence-electron chi connectivity index (χ0n) is 12.1. The standard InChI is InChI=1S/C17H18N4O/c18-21-20-15-11-16(19-12-15)17(22,13-7-3-1-4-8-13)14-9-5-2-6-10-14/h1-10,15-16,19,22H,11-12H2/t15-,16-/m0/s1. The summed E-state index contributed by atoms with van der Waals surface area (Å²) in [7, 11) is 0. The maximum atomic E-state index is 11.5. The molecule has 2 N–H and O–H groups in total. The summed E-state index contributed by atoms with van der Waals surface area (Å²) >= 11 is 0. The third-order valence-corrected chi connectivity index (χ3v) is 4.25. The van der Waals surface area contributed by atoms with Gasteiger partial charge in [-0.3, -0.25) is 0 Å². The lowest BCUT2D eigenvalue weighted by Crippen LogP contribution is -2.46. The summed E-state index contributed by atoms with van der Waals surface area (Å²) in [6.45, 7) is 0.580. The zero-order valence-corrected chi connectivity index (χ0v) is 12.1. The van der Waals surface area contributed by atoms with Gasteiger partial charge in [-0.05, 0) is 23.1 Å². The normalized spacial score (nSPS) is 21.3. The highest BCUT2D eigenvalue weighted by atomic mass is 16.3. The smallest absolute Gasteiger partial charge is 0.130 e. The average Bonchev–Trinajstić information content (AvgIpc) is 3.05. The Morgan fingerprint density at radius 3 is 2.09 bits per heavy atom. The van der Waals surface area contributed by atoms with Crippen LogP contribution >= 0.6 is 0 Å². The number of benzene rings is 2. The molecule has 0 bridgehead atoms. The Kier molecular flexibility index (Phi) is 4.11. The van der Waals surface area contributed by atoms with E-state index in [4.69, 9.17) is 5.53 Å². The predicted molar refractivity (Wildman–Crippen MR) is 85.2 cm³/mol. The molecule has 0 unspecified atom stereocenters. The first-order chi connectivity index (χ1) is 10.7. The largest absolute Gasteiger partial charge is 0.379 e. The van der Waals surface area contributed by atoms with Crippen molar-refractivity contribution < 1.29 is 5.11 Å². The van der Waals surface area contributed by atoms with Crippen LogP contribution in [0, 0.1) is 0 Å². The Bertz CT molecular complexity index is 628. The summed E-state index contributed by atoms with van der Waals surface area (Å²) in [5.74, 6) is 0. The molecule has 22 heavy (non-hydrogen) atoms. The predicted octanol–water partition coefficient (Wildman–Crippen LogP) is 2.96. The molecule has 1 heterocycles. The van der Waals surface area contributed by atoms with Crippen molar-refractivity contribution in [1.82, 2.24) is 5.32 Å². The van der Waals surface area contributed by atoms with Crippen molar-refractivity contribution in [2.24, 2.45) is 5.11 Å². The van der Waals surface area contributed by atoms with E-state index >= 15 is 0 Å². The van der Waals surface area contributed by atoms with E-state index in [1.807, 2.05) is 60.7 Å². The molecular weight excluding hydrogens is 276 g/mol. The molecule has 0 aromatic heterocycles. The van der Waals surface area contributed by atoms with E-state index in [1.54, 1.807) is 0 Å². The Morgan fingerprint density at radius 1 is 1.05 bits per heavy atom. The zero-order chi connectivity index (χ0) is 15.4. The first-order valence-electron chi connectivity index (χ1n) is 7.36. The van der Waals surface area contributed by atoms with Crippen LogP contribution in [0.4, 0.5) is 0 Å². The van der Waals surface area contributed by atoms with Gasteiger partial charge < -0.3 is 10.4 Å². The van der Waals surface area contributed by atoms with Crippen LogP contribution in [0.1, 0.15) is 17.5 Å². The number of hydrogen-bond acceptors (Lipinski definition) is 3. The molecule has 5 nitrogen and oxygen atoms in total. The van der Waals surface area contributed by atoms with E-state index in [1.165, 1.54) is 0 Å². The van der Waals surface area contributed by atoms with E-state index in [0.29, 0.717) is 13.0 Å². The number of aliphatic hydroxyl groups is 1. The van der Waals surface area contributed by atoms with Crippen LogP contribution in [-0.4, -0.2) is 23.7 Å². The molecule has 1 fully saturated rings. The molecular formula is C17H18N4O. The molecule has 1 saturated heterocycles. The average molecular weight is 294 g/mol. The van der Waals surface area contributed by atoms with Gasteiger partial charge >= 0.3 is 0 Å². The Hall–Kier alpha value is -2.33. The summed E-state index contributed by atoms with van der Waals surface area (Å²) in [4.78, 5) is 2.88. The van der Waals surface area contributed by atoms with Crippen LogP contribution in [-0.2, 0) is 5.60 Å². The lowest BCUT2D eigenvalue weighted by atomic mass is 9.79. The van der Waals surface area contributed by atoms with Crippen LogP contribution in [0.3, 0.4) is 0 Å². The summed E-state index contributed by atoms with van der Waals surface area (Å²) in [5, 5.41) is 18.6. The van der Waals surface area contributed by atoms with Gasteiger partial charge in [-0.15, -0.1) is 0 Å². The van der Waals surface area contributed by atoms with Gasteiger partial charge in [-0.1, -0.05) is 65.8 Å². The van der Waals surface area contributed by atoms with Gasteiger partial charge in [0.2, 0.25) is 0 Å². The van der Waals surface area contributed by atoms with E-state index < -0.39 is 5.60 Å². The molecule has 2 aromatic rings. The van der Waals surface area contributed by atoms with E-state index in [2.05, 4.69) is 15.3 Å². The van der Waals surface area contributed by atoms with Gasteiger partial charge in [-0.2, -0.15) is 0 Å². The maximum Gasteiger partial charge on any atom is 0.130 e. The molecule has 1 aliphatic rings. The number of nitrogens with one attached hydrogen (secondary N) is 1. The maximum absolute atomic E-state index is 11.5. The molecule has 5 heteroatoms. The van der Waals surface area contributed by atoms with Crippen molar-refractivity contribution in [2.45, 2.75) is 24.1 Å². The third kappa shape index (κ3) is 2.57. The second-order valence-electron chi connectivity index (χ2n) is 5.55. The van der Waals surface area contributed by atoms with Crippen molar-refractivity contribution >= 4 is 0 Å². The molecule has 3 rings (SSSR count). The Balaban J connectivity index is 2.03. The fraction of sp³-hybridized carbons (Fsp3) is 0.294. The van der Waals surface area contributed by atoms with Crippen molar-refractivity contribution in [3.63, 3.8) is 0 Å². The summed E-state index contributed by atoms with van der Waals surface area (Å²) in [6.07, 6.45) is 0.602. The molecule has 112 valence electrons.